The molecular formula is C13H13N3O2. The standard InChI is InChI=1S/C13H13N3O2/c1-2-9-4-3-5-10(6-9)15-12-8-14-7-11(16-12)13(17)18/h3-8H,2H2,1H3,(H,15,16)(H,17,18). The van der Waals surface area contributed by atoms with Crippen molar-refractivity contribution in [2.75, 3.05) is 5.32 Å². The van der Waals surface area contributed by atoms with Crippen LogP contribution in [0.4, 0.5) is 11.5 Å². The van der Waals surface area contributed by atoms with Gasteiger partial charge in [-0.3, -0.25) is 4.98 Å². The van der Waals surface area contributed by atoms with Gasteiger partial charge in [0.25, 0.3) is 0 Å². The highest BCUT2D eigenvalue weighted by atomic mass is 16.4. The Balaban J connectivity index is 2.22. The van der Waals surface area contributed by atoms with Crippen LogP contribution in [0.25, 0.3) is 0 Å². The summed E-state index contributed by atoms with van der Waals surface area (Å²) in [7, 11) is 0. The summed E-state index contributed by atoms with van der Waals surface area (Å²) in [6, 6.07) is 7.86. The maximum absolute atomic E-state index is 10.8. The summed E-state index contributed by atoms with van der Waals surface area (Å²) >= 11 is 0. The number of aryl methyl sites for hydroxylation is 1. The third-order valence-electron chi connectivity index (χ3n) is 2.46. The first-order chi connectivity index (χ1) is 8.69. The lowest BCUT2D eigenvalue weighted by atomic mass is 10.1. The van der Waals surface area contributed by atoms with Gasteiger partial charge in [-0.25, -0.2) is 9.78 Å². The van der Waals surface area contributed by atoms with E-state index >= 15 is 0 Å². The number of anilines is 2. The van der Waals surface area contributed by atoms with Crippen molar-refractivity contribution in [3.8, 4) is 0 Å². The zero-order valence-corrected chi connectivity index (χ0v) is 9.92. The maximum Gasteiger partial charge on any atom is 0.356 e. The van der Waals surface area contributed by atoms with E-state index < -0.39 is 5.97 Å². The van der Waals surface area contributed by atoms with Gasteiger partial charge >= 0.3 is 5.97 Å². The monoisotopic (exact) mass is 243 g/mol. The molecule has 0 saturated carbocycles. The van der Waals surface area contributed by atoms with E-state index in [1.165, 1.54) is 18.0 Å². The Morgan fingerprint density at radius 1 is 1.39 bits per heavy atom. The van der Waals surface area contributed by atoms with Crippen LogP contribution in [0.15, 0.2) is 36.7 Å². The number of benzene rings is 1. The van der Waals surface area contributed by atoms with Crippen LogP contribution in [-0.4, -0.2) is 21.0 Å². The van der Waals surface area contributed by atoms with Gasteiger partial charge in [-0.15, -0.1) is 0 Å². The molecule has 0 spiro atoms. The molecule has 2 aromatic rings. The molecule has 92 valence electrons. The minimum Gasteiger partial charge on any atom is -0.476 e. The van der Waals surface area contributed by atoms with Crippen molar-refractivity contribution in [1.82, 2.24) is 9.97 Å². The number of carboxylic acid groups (broad SMARTS) is 1. The SMILES string of the molecule is CCc1cccc(Nc2cncc(C(=O)O)n2)c1. The predicted octanol–water partition coefficient (Wildman–Crippen LogP) is 2.48. The molecule has 0 saturated heterocycles. The number of aromatic carboxylic acids is 1. The minimum atomic E-state index is -1.09. The van der Waals surface area contributed by atoms with E-state index in [0.29, 0.717) is 5.82 Å². The number of aromatic nitrogens is 2. The highest BCUT2D eigenvalue weighted by Gasteiger charge is 2.06. The van der Waals surface area contributed by atoms with E-state index in [1.807, 2.05) is 24.3 Å². The van der Waals surface area contributed by atoms with Gasteiger partial charge in [0, 0.05) is 5.69 Å². The quantitative estimate of drug-likeness (QED) is 0.862. The molecule has 1 heterocycles. The van der Waals surface area contributed by atoms with Crippen LogP contribution < -0.4 is 5.32 Å². The molecule has 0 atom stereocenters. The summed E-state index contributed by atoms with van der Waals surface area (Å²) in [5.74, 6) is -0.670. The molecule has 0 aliphatic rings. The summed E-state index contributed by atoms with van der Waals surface area (Å²) in [4.78, 5) is 18.6. The minimum absolute atomic E-state index is 0.0772. The summed E-state index contributed by atoms with van der Waals surface area (Å²) in [6.07, 6.45) is 3.65. The fourth-order valence-electron chi connectivity index (χ4n) is 1.55. The van der Waals surface area contributed by atoms with Crippen molar-refractivity contribution in [2.24, 2.45) is 0 Å². The van der Waals surface area contributed by atoms with Crippen molar-refractivity contribution in [3.63, 3.8) is 0 Å². The third-order valence-corrected chi connectivity index (χ3v) is 2.46. The second kappa shape index (κ2) is 5.27. The second-order valence-corrected chi connectivity index (χ2v) is 3.77. The van der Waals surface area contributed by atoms with Crippen molar-refractivity contribution in [3.05, 3.63) is 47.9 Å². The van der Waals surface area contributed by atoms with E-state index in [-0.39, 0.29) is 5.69 Å². The average Bonchev–Trinajstić information content (AvgIpc) is 2.39. The molecule has 2 rings (SSSR count). The number of carbonyl (C=O) groups is 1. The molecular weight excluding hydrogens is 230 g/mol. The Morgan fingerprint density at radius 2 is 2.22 bits per heavy atom. The normalized spacial score (nSPS) is 10.1. The van der Waals surface area contributed by atoms with Crippen LogP contribution in [0.3, 0.4) is 0 Å². The van der Waals surface area contributed by atoms with Gasteiger partial charge in [0.1, 0.15) is 5.82 Å². The first-order valence-corrected chi connectivity index (χ1v) is 5.60. The van der Waals surface area contributed by atoms with Crippen molar-refractivity contribution < 1.29 is 9.90 Å². The Bertz CT molecular complexity index is 570. The molecule has 0 unspecified atom stereocenters. The van der Waals surface area contributed by atoms with Gasteiger partial charge in [0.05, 0.1) is 12.4 Å². The fourth-order valence-corrected chi connectivity index (χ4v) is 1.55. The van der Waals surface area contributed by atoms with Gasteiger partial charge in [-0.2, -0.15) is 0 Å². The van der Waals surface area contributed by atoms with E-state index in [9.17, 15) is 4.79 Å². The molecule has 1 aromatic carbocycles. The van der Waals surface area contributed by atoms with Gasteiger partial charge in [0.15, 0.2) is 5.69 Å². The Hall–Kier alpha value is -2.43. The first kappa shape index (κ1) is 12.0. The zero-order valence-electron chi connectivity index (χ0n) is 9.92. The van der Waals surface area contributed by atoms with Gasteiger partial charge in [-0.1, -0.05) is 19.1 Å². The van der Waals surface area contributed by atoms with Gasteiger partial charge in [0.2, 0.25) is 0 Å². The molecule has 5 heteroatoms. The molecule has 0 fully saturated rings. The van der Waals surface area contributed by atoms with Crippen LogP contribution in [0.2, 0.25) is 0 Å². The average molecular weight is 243 g/mol. The van der Waals surface area contributed by atoms with Crippen LogP contribution >= 0.6 is 0 Å². The fraction of sp³-hybridized carbons (Fsp3) is 0.154. The number of hydrogen-bond acceptors (Lipinski definition) is 4. The van der Waals surface area contributed by atoms with E-state index in [2.05, 4.69) is 22.2 Å². The summed E-state index contributed by atoms with van der Waals surface area (Å²) in [6.45, 7) is 2.07. The van der Waals surface area contributed by atoms with E-state index in [4.69, 9.17) is 5.11 Å². The first-order valence-electron chi connectivity index (χ1n) is 5.60. The number of carboxylic acids is 1. The van der Waals surface area contributed by atoms with Gasteiger partial charge in [-0.05, 0) is 24.1 Å². The smallest absolute Gasteiger partial charge is 0.356 e. The summed E-state index contributed by atoms with van der Waals surface area (Å²) < 4.78 is 0. The zero-order chi connectivity index (χ0) is 13.0. The Kier molecular flexibility index (Phi) is 3.52. The molecule has 0 amide bonds. The number of nitrogens with zero attached hydrogens (tertiary/aromatic N) is 2. The number of nitrogens with one attached hydrogen (secondary N) is 1. The van der Waals surface area contributed by atoms with E-state index in [0.717, 1.165) is 12.1 Å². The molecule has 2 N–H and O–H groups in total. The van der Waals surface area contributed by atoms with Gasteiger partial charge < -0.3 is 10.4 Å². The molecule has 18 heavy (non-hydrogen) atoms. The van der Waals surface area contributed by atoms with Crippen molar-refractivity contribution >= 4 is 17.5 Å². The Morgan fingerprint density at radius 3 is 2.94 bits per heavy atom. The number of rotatable bonds is 4. The largest absolute Gasteiger partial charge is 0.476 e. The van der Waals surface area contributed by atoms with Crippen LogP contribution in [-0.2, 0) is 6.42 Å². The topological polar surface area (TPSA) is 75.1 Å². The molecule has 0 radical (unpaired) electrons. The molecule has 0 bridgehead atoms. The van der Waals surface area contributed by atoms with Crippen LogP contribution in [0.1, 0.15) is 23.0 Å². The van der Waals surface area contributed by atoms with Crippen molar-refractivity contribution in [2.45, 2.75) is 13.3 Å². The highest BCUT2D eigenvalue weighted by Crippen LogP contribution is 2.16. The Labute approximate surface area is 105 Å². The molecule has 0 aliphatic heterocycles. The lowest BCUT2D eigenvalue weighted by Gasteiger charge is -2.07. The second-order valence-electron chi connectivity index (χ2n) is 3.77. The van der Waals surface area contributed by atoms with Crippen LogP contribution in [0.5, 0.6) is 0 Å². The lowest BCUT2D eigenvalue weighted by molar-refractivity contribution is 0.0690. The highest BCUT2D eigenvalue weighted by molar-refractivity contribution is 5.85. The number of hydrogen-bond donors (Lipinski definition) is 2. The summed E-state index contributed by atoms with van der Waals surface area (Å²) in [5.41, 5.74) is 1.99. The summed E-state index contributed by atoms with van der Waals surface area (Å²) in [5, 5.41) is 11.9. The molecule has 1 aromatic heterocycles. The van der Waals surface area contributed by atoms with Crippen molar-refractivity contribution in [1.29, 1.82) is 0 Å². The van der Waals surface area contributed by atoms with E-state index in [1.54, 1.807) is 0 Å². The molecule has 0 aliphatic carbocycles. The lowest BCUT2D eigenvalue weighted by Crippen LogP contribution is -2.04. The third kappa shape index (κ3) is 2.82. The van der Waals surface area contributed by atoms with Crippen LogP contribution in [0, 0.1) is 0 Å². The maximum atomic E-state index is 10.8. The predicted molar refractivity (Wildman–Crippen MR) is 68.1 cm³/mol. The molecule has 5 nitrogen and oxygen atoms in total.